The van der Waals surface area contributed by atoms with Crippen molar-refractivity contribution in [3.05, 3.63) is 58.2 Å². The van der Waals surface area contributed by atoms with Crippen molar-refractivity contribution < 1.29 is 27.8 Å². The van der Waals surface area contributed by atoms with Crippen molar-refractivity contribution in [2.75, 3.05) is 0 Å². The first kappa shape index (κ1) is 33.1. The van der Waals surface area contributed by atoms with Crippen LogP contribution in [0, 0.1) is 23.5 Å². The maximum atomic E-state index is 15.3. The van der Waals surface area contributed by atoms with Crippen molar-refractivity contribution in [3.8, 4) is 11.5 Å². The van der Waals surface area contributed by atoms with Gasteiger partial charge >= 0.3 is 11.9 Å². The van der Waals surface area contributed by atoms with Gasteiger partial charge in [-0.25, -0.2) is 8.78 Å². The van der Waals surface area contributed by atoms with Crippen molar-refractivity contribution >= 4 is 11.9 Å². The van der Waals surface area contributed by atoms with Crippen LogP contribution in [0.5, 0.6) is 11.5 Å². The van der Waals surface area contributed by atoms with Crippen LogP contribution in [0.4, 0.5) is 8.78 Å². The first-order valence-electron chi connectivity index (χ1n) is 17.6. The Bertz CT molecular complexity index is 1370. The molecule has 2 aromatic carbocycles. The molecule has 8 heteroatoms. The fourth-order valence-electron chi connectivity index (χ4n) is 9.17. The Labute approximate surface area is 272 Å². The average molecular weight is 637 g/mol. The van der Waals surface area contributed by atoms with Crippen LogP contribution >= 0.6 is 0 Å². The molecule has 4 N–H and O–H groups in total. The van der Waals surface area contributed by atoms with E-state index in [0.29, 0.717) is 36.8 Å². The number of ether oxygens (including phenoxy) is 2. The number of hydrogen-bond donors (Lipinski definition) is 2. The van der Waals surface area contributed by atoms with Gasteiger partial charge in [-0.05, 0) is 97.6 Å². The number of benzene rings is 2. The zero-order chi connectivity index (χ0) is 32.6. The van der Waals surface area contributed by atoms with E-state index in [2.05, 4.69) is 13.8 Å². The second-order valence-corrected chi connectivity index (χ2v) is 15.0. The minimum absolute atomic E-state index is 0.0577. The topological polar surface area (TPSA) is 105 Å². The van der Waals surface area contributed by atoms with E-state index in [9.17, 15) is 9.59 Å². The van der Waals surface area contributed by atoms with Crippen molar-refractivity contribution in [2.24, 2.45) is 23.3 Å². The lowest BCUT2D eigenvalue weighted by Crippen LogP contribution is -2.53. The van der Waals surface area contributed by atoms with E-state index >= 15 is 8.78 Å². The molecular formula is C38H50F2N2O4. The number of unbranched alkanes of at least 4 members (excludes halogenated alkanes) is 1. The third-order valence-electron chi connectivity index (χ3n) is 12.0. The predicted molar refractivity (Wildman–Crippen MR) is 174 cm³/mol. The van der Waals surface area contributed by atoms with E-state index in [1.54, 1.807) is 0 Å². The zero-order valence-electron chi connectivity index (χ0n) is 27.5. The fraction of sp³-hybridized carbons (Fsp3) is 0.632. The number of rotatable bonds is 7. The highest BCUT2D eigenvalue weighted by Crippen LogP contribution is 2.49. The van der Waals surface area contributed by atoms with Gasteiger partial charge in [-0.15, -0.1) is 0 Å². The van der Waals surface area contributed by atoms with Crippen LogP contribution in [-0.4, -0.2) is 24.0 Å². The number of hydrogen-bond acceptors (Lipinski definition) is 6. The molecule has 250 valence electrons. The minimum atomic E-state index is -0.479. The summed E-state index contributed by atoms with van der Waals surface area (Å²) < 4.78 is 41.8. The summed E-state index contributed by atoms with van der Waals surface area (Å²) in [4.78, 5) is 25.4. The van der Waals surface area contributed by atoms with Crippen LogP contribution in [0.15, 0.2) is 24.3 Å². The van der Waals surface area contributed by atoms with Crippen molar-refractivity contribution in [1.82, 2.24) is 0 Å². The van der Waals surface area contributed by atoms with Crippen molar-refractivity contribution in [2.45, 2.75) is 139 Å². The third-order valence-corrected chi connectivity index (χ3v) is 12.0. The molecule has 0 aliphatic heterocycles. The van der Waals surface area contributed by atoms with Gasteiger partial charge in [-0.1, -0.05) is 52.4 Å². The smallest absolute Gasteiger partial charge is 0.311 e. The van der Waals surface area contributed by atoms with Crippen LogP contribution in [0.2, 0.25) is 0 Å². The summed E-state index contributed by atoms with van der Waals surface area (Å²) >= 11 is 0. The van der Waals surface area contributed by atoms with Gasteiger partial charge in [-0.2, -0.15) is 0 Å². The molecule has 0 amide bonds. The Kier molecular flexibility index (Phi) is 9.60. The number of carbonyl (C=O) groups excluding carboxylic acids is 2. The van der Waals surface area contributed by atoms with Crippen LogP contribution < -0.4 is 20.9 Å². The summed E-state index contributed by atoms with van der Waals surface area (Å²) in [7, 11) is 0. The maximum Gasteiger partial charge on any atom is 0.311 e. The fourth-order valence-corrected chi connectivity index (χ4v) is 9.17. The first-order chi connectivity index (χ1) is 22.0. The van der Waals surface area contributed by atoms with E-state index in [0.717, 1.165) is 75.3 Å². The highest BCUT2D eigenvalue weighted by atomic mass is 19.1. The van der Waals surface area contributed by atoms with Gasteiger partial charge in [0.05, 0.1) is 0 Å². The summed E-state index contributed by atoms with van der Waals surface area (Å²) in [6.45, 7) is 4.25. The average Bonchev–Trinajstić information content (AvgIpc) is 3.00. The Morgan fingerprint density at radius 1 is 0.696 bits per heavy atom. The summed E-state index contributed by atoms with van der Waals surface area (Å²) in [5, 5.41) is 0. The standard InChI is InChI=1S/C38H50F2N2O4/c1-37-15-9-3-5-11-23(35(37)41)17-27-29(37)19-25(21-31(27)39)45-33(43)13-7-8-14-34(44)46-26-20-30-28(32(40)22-26)18-24-12-6-4-10-16-38(30,2)36(24)42/h19-24,35-36H,3-18,41-42H2,1-2H3/t23-,24?,35?,36?,37?,38?/m0/s1. The third kappa shape index (κ3) is 6.36. The molecule has 6 nitrogen and oxygen atoms in total. The van der Waals surface area contributed by atoms with E-state index in [1.807, 2.05) is 12.1 Å². The van der Waals surface area contributed by atoms with Crippen molar-refractivity contribution in [1.29, 1.82) is 0 Å². The molecule has 0 heterocycles. The van der Waals surface area contributed by atoms with Crippen LogP contribution in [-0.2, 0) is 33.3 Å². The number of halogens is 2. The summed E-state index contributed by atoms with van der Waals surface area (Å²) in [5.74, 6) is -0.713. The van der Waals surface area contributed by atoms with Crippen LogP contribution in [0.3, 0.4) is 0 Å². The monoisotopic (exact) mass is 636 g/mol. The molecule has 2 fully saturated rings. The Hall–Kier alpha value is -2.84. The Morgan fingerprint density at radius 3 is 1.52 bits per heavy atom. The van der Waals surface area contributed by atoms with Gasteiger partial charge in [0.2, 0.25) is 0 Å². The Morgan fingerprint density at radius 2 is 1.11 bits per heavy atom. The second-order valence-electron chi connectivity index (χ2n) is 15.0. The van der Waals surface area contributed by atoms with Gasteiger partial charge in [0, 0.05) is 47.9 Å². The normalized spacial score (nSPS) is 30.5. The van der Waals surface area contributed by atoms with E-state index in [-0.39, 0.29) is 70.7 Å². The molecule has 0 spiro atoms. The zero-order valence-corrected chi connectivity index (χ0v) is 27.5. The quantitative estimate of drug-likeness (QED) is 0.186. The lowest BCUT2D eigenvalue weighted by Gasteiger charge is -2.47. The molecular weight excluding hydrogens is 586 g/mol. The minimum Gasteiger partial charge on any atom is -0.426 e. The molecule has 5 unspecified atom stereocenters. The molecule has 2 aromatic rings. The molecule has 4 bridgehead atoms. The first-order valence-corrected chi connectivity index (χ1v) is 17.6. The molecule has 0 radical (unpaired) electrons. The summed E-state index contributed by atoms with van der Waals surface area (Å²) in [6.07, 6.45) is 12.6. The summed E-state index contributed by atoms with van der Waals surface area (Å²) in [6, 6.07) is 6.14. The second kappa shape index (κ2) is 13.3. The lowest BCUT2D eigenvalue weighted by atomic mass is 9.60. The van der Waals surface area contributed by atoms with Gasteiger partial charge in [0.15, 0.2) is 0 Å². The van der Waals surface area contributed by atoms with Crippen LogP contribution in [0.1, 0.15) is 126 Å². The lowest BCUT2D eigenvalue weighted by molar-refractivity contribution is -0.136. The van der Waals surface area contributed by atoms with E-state index < -0.39 is 11.9 Å². The number of nitrogens with two attached hydrogens (primary N) is 2. The predicted octanol–water partition coefficient (Wildman–Crippen LogP) is 7.48. The highest BCUT2D eigenvalue weighted by molar-refractivity contribution is 5.74. The molecule has 0 saturated heterocycles. The molecule has 4 aliphatic rings. The largest absolute Gasteiger partial charge is 0.426 e. The van der Waals surface area contributed by atoms with Gasteiger partial charge in [-0.3, -0.25) is 9.59 Å². The number of esters is 2. The van der Waals surface area contributed by atoms with E-state index in [4.69, 9.17) is 20.9 Å². The van der Waals surface area contributed by atoms with Crippen LogP contribution in [0.25, 0.3) is 0 Å². The van der Waals surface area contributed by atoms with Gasteiger partial charge in [0.1, 0.15) is 23.1 Å². The molecule has 4 aliphatic carbocycles. The van der Waals surface area contributed by atoms with Gasteiger partial charge in [0.25, 0.3) is 0 Å². The molecule has 6 rings (SSSR count). The number of carbonyl (C=O) groups is 2. The summed E-state index contributed by atoms with van der Waals surface area (Å²) in [5.41, 5.74) is 15.9. The SMILES string of the molecule is CC12CCCCCC(Cc3c(F)cc(OC(=O)CCCCC(=O)Oc4cc(F)c5c(c4)C4(C)CCCCC[C@@H](C5)C4N)cc31)C2N. The molecule has 2 saturated carbocycles. The van der Waals surface area contributed by atoms with E-state index in [1.165, 1.54) is 12.1 Å². The Balaban J connectivity index is 1.03. The molecule has 46 heavy (non-hydrogen) atoms. The maximum absolute atomic E-state index is 15.3. The van der Waals surface area contributed by atoms with Crippen molar-refractivity contribution in [3.63, 3.8) is 0 Å². The molecule has 0 aromatic heterocycles. The number of fused-ring (bicyclic) bond motifs is 8. The highest BCUT2D eigenvalue weighted by Gasteiger charge is 2.46. The molecule has 6 atom stereocenters. The van der Waals surface area contributed by atoms with Gasteiger partial charge < -0.3 is 20.9 Å².